The van der Waals surface area contributed by atoms with E-state index >= 15 is 0 Å². The first-order valence-electron chi connectivity index (χ1n) is 7.71. The lowest BCUT2D eigenvalue weighted by atomic mass is 10.2. The lowest BCUT2D eigenvalue weighted by Crippen LogP contribution is -2.38. The van der Waals surface area contributed by atoms with Crippen molar-refractivity contribution >= 4 is 23.4 Å². The number of primary amides is 1. The summed E-state index contributed by atoms with van der Waals surface area (Å²) >= 11 is 6.11. The van der Waals surface area contributed by atoms with Crippen molar-refractivity contribution in [2.45, 2.75) is 26.2 Å². The van der Waals surface area contributed by atoms with Crippen LogP contribution in [0.1, 0.15) is 42.5 Å². The van der Waals surface area contributed by atoms with E-state index in [0.29, 0.717) is 25.5 Å². The molecule has 0 aromatic carbocycles. The Bertz CT molecular complexity index is 593. The molecule has 7 nitrogen and oxygen atoms in total. The number of aromatic nitrogens is 2. The molecule has 2 rings (SSSR count). The quantitative estimate of drug-likeness (QED) is 0.879. The van der Waals surface area contributed by atoms with Crippen LogP contribution in [0.2, 0.25) is 5.02 Å². The molecule has 0 saturated carbocycles. The van der Waals surface area contributed by atoms with E-state index in [4.69, 9.17) is 17.3 Å². The van der Waals surface area contributed by atoms with Crippen LogP contribution in [0.4, 0.5) is 0 Å². The molecule has 1 aromatic rings. The maximum atomic E-state index is 12.7. The average molecular weight is 340 g/mol. The van der Waals surface area contributed by atoms with E-state index in [1.807, 2.05) is 18.7 Å². The first-order valence-corrected chi connectivity index (χ1v) is 8.08. The number of rotatable bonds is 4. The highest BCUT2D eigenvalue weighted by Gasteiger charge is 2.24. The van der Waals surface area contributed by atoms with Crippen LogP contribution in [-0.4, -0.2) is 64.3 Å². The largest absolute Gasteiger partial charge is 0.369 e. The Labute approximate surface area is 140 Å². The summed E-state index contributed by atoms with van der Waals surface area (Å²) < 4.78 is 0. The monoisotopic (exact) mass is 339 g/mol. The zero-order chi connectivity index (χ0) is 17.0. The van der Waals surface area contributed by atoms with Crippen molar-refractivity contribution in [3.05, 3.63) is 22.7 Å². The minimum absolute atomic E-state index is 0.119. The number of amides is 2. The molecule has 0 aliphatic carbocycles. The number of hydrogen-bond donors (Lipinski definition) is 1. The van der Waals surface area contributed by atoms with Gasteiger partial charge in [-0.25, -0.2) is 9.97 Å². The highest BCUT2D eigenvalue weighted by Crippen LogP contribution is 2.18. The maximum Gasteiger partial charge on any atom is 0.274 e. The second-order valence-electron chi connectivity index (χ2n) is 5.97. The van der Waals surface area contributed by atoms with Crippen molar-refractivity contribution in [1.82, 2.24) is 19.8 Å². The fraction of sp³-hybridized carbons (Fsp3) is 0.600. The van der Waals surface area contributed by atoms with Gasteiger partial charge in [-0.3, -0.25) is 14.5 Å². The minimum atomic E-state index is -0.356. The molecule has 8 heteroatoms. The third-order valence-corrected chi connectivity index (χ3v) is 4.01. The molecule has 2 heterocycles. The van der Waals surface area contributed by atoms with Crippen LogP contribution in [-0.2, 0) is 4.79 Å². The van der Waals surface area contributed by atoms with E-state index in [1.54, 1.807) is 4.90 Å². The zero-order valence-electron chi connectivity index (χ0n) is 13.5. The summed E-state index contributed by atoms with van der Waals surface area (Å²) in [5, 5.41) is 0.262. The summed E-state index contributed by atoms with van der Waals surface area (Å²) in [5.41, 5.74) is 5.47. The number of nitrogens with zero attached hydrogens (tertiary/aromatic N) is 4. The van der Waals surface area contributed by atoms with Gasteiger partial charge in [0.05, 0.1) is 17.8 Å². The van der Waals surface area contributed by atoms with Crippen LogP contribution in [0.3, 0.4) is 0 Å². The molecule has 1 saturated heterocycles. The molecule has 0 radical (unpaired) electrons. The number of hydrogen-bond acceptors (Lipinski definition) is 5. The van der Waals surface area contributed by atoms with Crippen LogP contribution in [0.5, 0.6) is 0 Å². The summed E-state index contributed by atoms with van der Waals surface area (Å²) in [7, 11) is 0. The summed E-state index contributed by atoms with van der Waals surface area (Å²) in [6.07, 6.45) is 2.26. The Balaban J connectivity index is 2.11. The maximum absolute atomic E-state index is 12.7. The molecule has 1 aliphatic rings. The molecular weight excluding hydrogens is 318 g/mol. The van der Waals surface area contributed by atoms with E-state index in [0.717, 1.165) is 13.0 Å². The third-order valence-electron chi connectivity index (χ3n) is 3.74. The Morgan fingerprint density at radius 2 is 2.04 bits per heavy atom. The van der Waals surface area contributed by atoms with Gasteiger partial charge < -0.3 is 10.6 Å². The van der Waals surface area contributed by atoms with E-state index in [2.05, 4.69) is 9.97 Å². The Morgan fingerprint density at radius 3 is 2.70 bits per heavy atom. The third kappa shape index (κ3) is 4.62. The van der Waals surface area contributed by atoms with Crippen LogP contribution < -0.4 is 5.73 Å². The van der Waals surface area contributed by atoms with Gasteiger partial charge in [-0.1, -0.05) is 25.4 Å². The van der Waals surface area contributed by atoms with Crippen molar-refractivity contribution in [3.8, 4) is 0 Å². The SMILES string of the molecule is CC(C)c1ncc(Cl)c(C(=O)N2CCCN(CC(N)=O)CC2)n1. The molecule has 1 aromatic heterocycles. The molecule has 0 bridgehead atoms. The Hall–Kier alpha value is -1.73. The fourth-order valence-electron chi connectivity index (χ4n) is 2.51. The van der Waals surface area contributed by atoms with E-state index in [9.17, 15) is 9.59 Å². The predicted octanol–water partition coefficient (Wildman–Crippen LogP) is 0.887. The summed E-state index contributed by atoms with van der Waals surface area (Å²) in [4.78, 5) is 35.9. The lowest BCUT2D eigenvalue weighted by Gasteiger charge is -2.21. The van der Waals surface area contributed by atoms with Crippen molar-refractivity contribution < 1.29 is 9.59 Å². The smallest absolute Gasteiger partial charge is 0.274 e. The van der Waals surface area contributed by atoms with Gasteiger partial charge >= 0.3 is 0 Å². The summed E-state index contributed by atoms with van der Waals surface area (Å²) in [6, 6.07) is 0. The van der Waals surface area contributed by atoms with Gasteiger partial charge in [-0.2, -0.15) is 0 Å². The van der Waals surface area contributed by atoms with E-state index in [1.165, 1.54) is 6.20 Å². The molecule has 23 heavy (non-hydrogen) atoms. The molecule has 1 fully saturated rings. The highest BCUT2D eigenvalue weighted by molar-refractivity contribution is 6.33. The molecule has 0 atom stereocenters. The summed E-state index contributed by atoms with van der Waals surface area (Å²) in [6.45, 7) is 6.61. The molecule has 2 N–H and O–H groups in total. The van der Waals surface area contributed by atoms with Crippen LogP contribution in [0.15, 0.2) is 6.20 Å². The Kier molecular flexibility index (Phi) is 5.90. The van der Waals surface area contributed by atoms with Gasteiger partial charge in [-0.05, 0) is 6.42 Å². The average Bonchev–Trinajstić information content (AvgIpc) is 2.71. The van der Waals surface area contributed by atoms with Crippen LogP contribution >= 0.6 is 11.6 Å². The lowest BCUT2D eigenvalue weighted by molar-refractivity contribution is -0.119. The zero-order valence-corrected chi connectivity index (χ0v) is 14.2. The van der Waals surface area contributed by atoms with Gasteiger partial charge in [0.1, 0.15) is 5.82 Å². The number of carbonyl (C=O) groups excluding carboxylic acids is 2. The molecule has 0 unspecified atom stereocenters. The first-order chi connectivity index (χ1) is 10.9. The molecule has 126 valence electrons. The molecular formula is C15H22ClN5O2. The van der Waals surface area contributed by atoms with Crippen LogP contribution in [0.25, 0.3) is 0 Å². The normalized spacial score (nSPS) is 16.4. The molecule has 1 aliphatic heterocycles. The fourth-order valence-corrected chi connectivity index (χ4v) is 2.68. The van der Waals surface area contributed by atoms with Crippen molar-refractivity contribution in [2.24, 2.45) is 5.73 Å². The predicted molar refractivity (Wildman–Crippen MR) is 87.3 cm³/mol. The number of halogens is 1. The van der Waals surface area contributed by atoms with Gasteiger partial charge in [0.2, 0.25) is 5.91 Å². The minimum Gasteiger partial charge on any atom is -0.369 e. The van der Waals surface area contributed by atoms with Gasteiger partial charge in [-0.15, -0.1) is 0 Å². The van der Waals surface area contributed by atoms with E-state index < -0.39 is 0 Å². The Morgan fingerprint density at radius 1 is 1.30 bits per heavy atom. The van der Waals surface area contributed by atoms with Crippen molar-refractivity contribution in [2.75, 3.05) is 32.7 Å². The standard InChI is InChI=1S/C15H22ClN5O2/c1-10(2)14-18-8-11(16)13(19-14)15(23)21-5-3-4-20(6-7-21)9-12(17)22/h8,10H,3-7,9H2,1-2H3,(H2,17,22). The summed E-state index contributed by atoms with van der Waals surface area (Å²) in [5.74, 6) is 0.169. The number of carbonyl (C=O) groups is 2. The second-order valence-corrected chi connectivity index (χ2v) is 6.37. The van der Waals surface area contributed by atoms with Gasteiger partial charge in [0, 0.05) is 32.1 Å². The van der Waals surface area contributed by atoms with Crippen LogP contribution in [0, 0.1) is 0 Å². The first kappa shape index (κ1) is 17.6. The van der Waals surface area contributed by atoms with Gasteiger partial charge in [0.15, 0.2) is 5.69 Å². The molecule has 0 spiro atoms. The highest BCUT2D eigenvalue weighted by atomic mass is 35.5. The van der Waals surface area contributed by atoms with Crippen molar-refractivity contribution in [1.29, 1.82) is 0 Å². The number of nitrogens with two attached hydrogens (primary N) is 1. The van der Waals surface area contributed by atoms with E-state index in [-0.39, 0.29) is 35.0 Å². The van der Waals surface area contributed by atoms with Crippen molar-refractivity contribution in [3.63, 3.8) is 0 Å². The van der Waals surface area contributed by atoms with Gasteiger partial charge in [0.25, 0.3) is 5.91 Å². The second kappa shape index (κ2) is 7.70. The molecule has 2 amide bonds. The topological polar surface area (TPSA) is 92.4 Å².